The minimum Gasteiger partial charge on any atom is -0.394 e. The van der Waals surface area contributed by atoms with Crippen molar-refractivity contribution in [2.75, 3.05) is 6.61 Å². The van der Waals surface area contributed by atoms with Gasteiger partial charge in [0.05, 0.1) is 12.6 Å². The van der Waals surface area contributed by atoms with Crippen LogP contribution in [0.5, 0.6) is 0 Å². The Labute approximate surface area is 90.6 Å². The van der Waals surface area contributed by atoms with Crippen molar-refractivity contribution in [1.82, 2.24) is 0 Å². The van der Waals surface area contributed by atoms with E-state index in [4.69, 9.17) is 25.4 Å². The lowest BCUT2D eigenvalue weighted by atomic mass is 9.98. The third-order valence-corrected chi connectivity index (χ3v) is 2.65. The molecular formula is C6H14NO8P. The lowest BCUT2D eigenvalue weighted by Gasteiger charge is -2.40. The Hall–Kier alpha value is -0.0900. The summed E-state index contributed by atoms with van der Waals surface area (Å²) in [4.78, 5) is 17.1. The van der Waals surface area contributed by atoms with Crippen LogP contribution < -0.4 is 5.73 Å². The molecule has 96 valence electrons. The van der Waals surface area contributed by atoms with E-state index in [0.29, 0.717) is 0 Å². The molecule has 1 rings (SSSR count). The number of aliphatic hydroxyl groups is 3. The Bertz CT molecular complexity index is 280. The van der Waals surface area contributed by atoms with E-state index in [1.807, 2.05) is 0 Å². The normalized spacial score (nSPS) is 41.0. The quantitative estimate of drug-likeness (QED) is 0.287. The van der Waals surface area contributed by atoms with Gasteiger partial charge in [0.2, 0.25) is 0 Å². The molecule has 7 N–H and O–H groups in total. The molecule has 0 saturated carbocycles. The molecule has 0 aromatic heterocycles. The van der Waals surface area contributed by atoms with Gasteiger partial charge >= 0.3 is 7.82 Å². The second kappa shape index (κ2) is 5.05. The van der Waals surface area contributed by atoms with Gasteiger partial charge in [-0.3, -0.25) is 4.52 Å². The second-order valence-corrected chi connectivity index (χ2v) is 4.57. The molecule has 1 saturated heterocycles. The van der Waals surface area contributed by atoms with Gasteiger partial charge < -0.3 is 35.6 Å². The first kappa shape index (κ1) is 14.0. The predicted octanol–water partition coefficient (Wildman–Crippen LogP) is -3.14. The molecule has 0 aliphatic carbocycles. The Morgan fingerprint density at radius 2 is 1.88 bits per heavy atom. The first-order chi connectivity index (χ1) is 7.26. The number of phosphoric acid groups is 1. The number of nitrogens with two attached hydrogens (primary N) is 1. The van der Waals surface area contributed by atoms with Crippen molar-refractivity contribution in [1.29, 1.82) is 0 Å². The first-order valence-corrected chi connectivity index (χ1v) is 5.91. The van der Waals surface area contributed by atoms with E-state index in [2.05, 4.69) is 4.52 Å². The molecule has 0 aromatic carbocycles. The third-order valence-electron chi connectivity index (χ3n) is 2.17. The Morgan fingerprint density at radius 3 is 2.31 bits per heavy atom. The Morgan fingerprint density at radius 1 is 1.31 bits per heavy atom. The van der Waals surface area contributed by atoms with Crippen molar-refractivity contribution >= 4 is 7.82 Å². The van der Waals surface area contributed by atoms with Crippen LogP contribution in [0.1, 0.15) is 0 Å². The number of phosphoric ester groups is 1. The smallest absolute Gasteiger partial charge is 0.394 e. The molecule has 0 unspecified atom stereocenters. The van der Waals surface area contributed by atoms with Crippen LogP contribution in [-0.4, -0.2) is 62.4 Å². The summed E-state index contributed by atoms with van der Waals surface area (Å²) < 4.78 is 19.5. The van der Waals surface area contributed by atoms with Gasteiger partial charge in [0.15, 0.2) is 6.29 Å². The molecule has 1 heterocycles. The highest BCUT2D eigenvalue weighted by atomic mass is 31.2. The van der Waals surface area contributed by atoms with E-state index in [1.54, 1.807) is 0 Å². The minimum atomic E-state index is -4.83. The van der Waals surface area contributed by atoms with Crippen molar-refractivity contribution in [3.8, 4) is 0 Å². The molecular weight excluding hydrogens is 245 g/mol. The van der Waals surface area contributed by atoms with Crippen molar-refractivity contribution in [2.45, 2.75) is 30.6 Å². The summed E-state index contributed by atoms with van der Waals surface area (Å²) in [5.74, 6) is 0. The second-order valence-electron chi connectivity index (χ2n) is 3.38. The van der Waals surface area contributed by atoms with E-state index in [-0.39, 0.29) is 0 Å². The lowest BCUT2D eigenvalue weighted by Crippen LogP contribution is -2.62. The fourth-order valence-corrected chi connectivity index (χ4v) is 1.79. The monoisotopic (exact) mass is 259 g/mol. The molecule has 1 aliphatic rings. The predicted molar refractivity (Wildman–Crippen MR) is 48.9 cm³/mol. The highest BCUT2D eigenvalue weighted by Crippen LogP contribution is 2.40. The zero-order valence-electron chi connectivity index (χ0n) is 8.08. The van der Waals surface area contributed by atoms with E-state index in [1.165, 1.54) is 0 Å². The van der Waals surface area contributed by atoms with Gasteiger partial charge in [-0.05, 0) is 0 Å². The van der Waals surface area contributed by atoms with Crippen LogP contribution >= 0.6 is 7.82 Å². The summed E-state index contributed by atoms with van der Waals surface area (Å²) in [5, 5.41) is 27.6. The summed E-state index contributed by atoms with van der Waals surface area (Å²) in [5.41, 5.74) is 5.35. The maximum Gasteiger partial charge on any atom is 0.471 e. The first-order valence-electron chi connectivity index (χ1n) is 4.38. The third kappa shape index (κ3) is 3.20. The van der Waals surface area contributed by atoms with Crippen LogP contribution in [0.4, 0.5) is 0 Å². The molecule has 0 spiro atoms. The molecule has 1 aliphatic heterocycles. The van der Waals surface area contributed by atoms with Gasteiger partial charge in [0.1, 0.15) is 18.3 Å². The van der Waals surface area contributed by atoms with E-state index >= 15 is 0 Å². The van der Waals surface area contributed by atoms with E-state index in [0.717, 1.165) is 0 Å². The average molecular weight is 259 g/mol. The highest BCUT2D eigenvalue weighted by molar-refractivity contribution is 7.46. The van der Waals surface area contributed by atoms with Crippen LogP contribution in [0.15, 0.2) is 0 Å². The summed E-state index contributed by atoms with van der Waals surface area (Å²) in [6, 6.07) is -1.33. The average Bonchev–Trinajstić information content (AvgIpc) is 2.17. The van der Waals surface area contributed by atoms with Crippen LogP contribution in [-0.2, 0) is 13.8 Å². The number of rotatable bonds is 3. The molecule has 0 radical (unpaired) electrons. The molecule has 16 heavy (non-hydrogen) atoms. The van der Waals surface area contributed by atoms with Crippen molar-refractivity contribution in [3.63, 3.8) is 0 Å². The summed E-state index contributed by atoms with van der Waals surface area (Å²) in [6.07, 6.45) is -5.78. The van der Waals surface area contributed by atoms with Gasteiger partial charge in [-0.2, -0.15) is 0 Å². The molecule has 1 fully saturated rings. The maximum absolute atomic E-state index is 10.6. The summed E-state index contributed by atoms with van der Waals surface area (Å²) in [7, 11) is -4.83. The van der Waals surface area contributed by atoms with E-state index in [9.17, 15) is 14.8 Å². The number of ether oxygens (including phenoxy) is 1. The lowest BCUT2D eigenvalue weighted by molar-refractivity contribution is -0.242. The highest BCUT2D eigenvalue weighted by Gasteiger charge is 2.45. The van der Waals surface area contributed by atoms with Gasteiger partial charge in [-0.15, -0.1) is 0 Å². The fourth-order valence-electron chi connectivity index (χ4n) is 1.33. The van der Waals surface area contributed by atoms with E-state index < -0.39 is 45.1 Å². The van der Waals surface area contributed by atoms with Crippen LogP contribution in [0, 0.1) is 0 Å². The van der Waals surface area contributed by atoms with Crippen molar-refractivity contribution in [2.24, 2.45) is 5.73 Å². The molecule has 0 amide bonds. The molecule has 10 heteroatoms. The van der Waals surface area contributed by atoms with Crippen LogP contribution in [0.3, 0.4) is 0 Å². The minimum absolute atomic E-state index is 0.647. The molecule has 0 bridgehead atoms. The van der Waals surface area contributed by atoms with Crippen LogP contribution in [0.2, 0.25) is 0 Å². The summed E-state index contributed by atoms with van der Waals surface area (Å²) in [6.45, 7) is -0.647. The number of hydrogen-bond acceptors (Lipinski definition) is 7. The van der Waals surface area contributed by atoms with Gasteiger partial charge in [-0.1, -0.05) is 0 Å². The van der Waals surface area contributed by atoms with Gasteiger partial charge in [-0.25, -0.2) is 4.57 Å². The van der Waals surface area contributed by atoms with Gasteiger partial charge in [0.25, 0.3) is 0 Å². The van der Waals surface area contributed by atoms with Crippen molar-refractivity contribution in [3.05, 3.63) is 0 Å². The van der Waals surface area contributed by atoms with Crippen LogP contribution in [0.25, 0.3) is 0 Å². The SMILES string of the molecule is N[C@H]1[C@H](OP(=O)(O)O)O[C@H](CO)[C@H](O)[C@@H]1O. The Kier molecular flexibility index (Phi) is 4.41. The largest absolute Gasteiger partial charge is 0.471 e. The zero-order valence-corrected chi connectivity index (χ0v) is 8.97. The maximum atomic E-state index is 10.6. The Balaban J connectivity index is 2.75. The van der Waals surface area contributed by atoms with Gasteiger partial charge in [0, 0.05) is 0 Å². The fraction of sp³-hybridized carbons (Fsp3) is 1.00. The standard InChI is InChI=1S/C6H14NO8P/c7-3-5(10)4(9)2(1-8)14-6(3)15-16(11,12)13/h2-6,8-10H,1,7H2,(H2,11,12,13)/t2-,3-,4+,5-,6+/m1/s1. The molecule has 0 aromatic rings. The number of hydrogen-bond donors (Lipinski definition) is 6. The van der Waals surface area contributed by atoms with Crippen molar-refractivity contribution < 1.29 is 38.9 Å². The topological polar surface area (TPSA) is 163 Å². The summed E-state index contributed by atoms with van der Waals surface area (Å²) >= 11 is 0. The zero-order chi connectivity index (χ0) is 12.5. The molecule has 5 atom stereocenters. The molecule has 9 nitrogen and oxygen atoms in total. The number of aliphatic hydroxyl groups excluding tert-OH is 3.